The molecule has 5 nitrogen and oxygen atoms in total. The molecule has 0 aromatic heterocycles. The van der Waals surface area contributed by atoms with Crippen molar-refractivity contribution in [3.05, 3.63) is 0 Å². The van der Waals surface area contributed by atoms with E-state index in [-0.39, 0.29) is 12.0 Å². The van der Waals surface area contributed by atoms with Crippen LogP contribution in [0.25, 0.3) is 0 Å². The summed E-state index contributed by atoms with van der Waals surface area (Å²) in [4.78, 5) is 10.6. The number of nitrogens with zero attached hydrogens (tertiary/aromatic N) is 1. The second-order valence-electron chi connectivity index (χ2n) is 3.44. The summed E-state index contributed by atoms with van der Waals surface area (Å²) in [6.07, 6.45) is 0.547. The van der Waals surface area contributed by atoms with Crippen LogP contribution >= 0.6 is 0 Å². The van der Waals surface area contributed by atoms with E-state index in [4.69, 9.17) is 15.7 Å². The first kappa shape index (κ1) is 10.4. The predicted molar refractivity (Wildman–Crippen MR) is 46.9 cm³/mol. The van der Waals surface area contributed by atoms with Crippen LogP contribution in [0.3, 0.4) is 0 Å². The second kappa shape index (κ2) is 4.55. The smallest absolute Gasteiger partial charge is 0.306 e. The fourth-order valence-electron chi connectivity index (χ4n) is 1.38. The lowest BCUT2D eigenvalue weighted by atomic mass is 10.0. The van der Waals surface area contributed by atoms with Crippen molar-refractivity contribution in [1.29, 1.82) is 0 Å². The van der Waals surface area contributed by atoms with E-state index >= 15 is 0 Å². The zero-order chi connectivity index (χ0) is 9.84. The first-order valence-electron chi connectivity index (χ1n) is 4.43. The Bertz CT molecular complexity index is 186. The van der Waals surface area contributed by atoms with Crippen molar-refractivity contribution in [1.82, 2.24) is 5.01 Å². The number of rotatable bonds is 3. The van der Waals surface area contributed by atoms with Gasteiger partial charge in [-0.05, 0) is 6.42 Å². The number of carboxylic acid groups (broad SMARTS) is 1. The van der Waals surface area contributed by atoms with Crippen molar-refractivity contribution in [2.24, 2.45) is 11.8 Å². The summed E-state index contributed by atoms with van der Waals surface area (Å²) in [6, 6.07) is 0.0415. The molecule has 1 rings (SSSR count). The van der Waals surface area contributed by atoms with Gasteiger partial charge in [0.1, 0.15) is 0 Å². The van der Waals surface area contributed by atoms with Crippen molar-refractivity contribution < 1.29 is 14.6 Å². The van der Waals surface area contributed by atoms with E-state index in [1.807, 2.05) is 0 Å². The van der Waals surface area contributed by atoms with Crippen molar-refractivity contribution in [3.63, 3.8) is 0 Å². The summed E-state index contributed by atoms with van der Waals surface area (Å²) < 4.78 is 5.22. The highest BCUT2D eigenvalue weighted by Gasteiger charge is 2.24. The van der Waals surface area contributed by atoms with Gasteiger partial charge in [-0.2, -0.15) is 0 Å². The van der Waals surface area contributed by atoms with Gasteiger partial charge in [-0.25, -0.2) is 5.01 Å². The lowest BCUT2D eigenvalue weighted by Crippen LogP contribution is -2.50. The number of carboxylic acids is 1. The van der Waals surface area contributed by atoms with Gasteiger partial charge in [0.15, 0.2) is 0 Å². The van der Waals surface area contributed by atoms with Gasteiger partial charge in [0, 0.05) is 12.6 Å². The second-order valence-corrected chi connectivity index (χ2v) is 3.44. The number of ether oxygens (including phenoxy) is 1. The molecule has 1 aliphatic rings. The summed E-state index contributed by atoms with van der Waals surface area (Å²) >= 11 is 0. The minimum Gasteiger partial charge on any atom is -0.481 e. The maximum Gasteiger partial charge on any atom is 0.306 e. The molecule has 5 heteroatoms. The van der Waals surface area contributed by atoms with Crippen molar-refractivity contribution in [3.8, 4) is 0 Å². The molecule has 1 saturated heterocycles. The van der Waals surface area contributed by atoms with Crippen molar-refractivity contribution in [2.45, 2.75) is 19.4 Å². The molecule has 0 saturated carbocycles. The summed E-state index contributed by atoms with van der Waals surface area (Å²) in [5.41, 5.74) is 0. The lowest BCUT2D eigenvalue weighted by molar-refractivity contribution is -0.142. The molecule has 76 valence electrons. The third kappa shape index (κ3) is 2.95. The van der Waals surface area contributed by atoms with E-state index in [1.54, 1.807) is 11.9 Å². The number of carbonyl (C=O) groups is 1. The molecule has 1 aliphatic heterocycles. The van der Waals surface area contributed by atoms with Crippen LogP contribution in [0.2, 0.25) is 0 Å². The van der Waals surface area contributed by atoms with Gasteiger partial charge in [0.2, 0.25) is 0 Å². The summed E-state index contributed by atoms with van der Waals surface area (Å²) in [5.74, 6) is 4.55. The Morgan fingerprint density at radius 2 is 2.54 bits per heavy atom. The molecule has 0 aromatic rings. The van der Waals surface area contributed by atoms with E-state index < -0.39 is 5.97 Å². The Hall–Kier alpha value is -0.650. The van der Waals surface area contributed by atoms with Crippen LogP contribution < -0.4 is 5.84 Å². The Balaban J connectivity index is 2.37. The molecule has 2 unspecified atom stereocenters. The van der Waals surface area contributed by atoms with E-state index in [1.165, 1.54) is 0 Å². The highest BCUT2D eigenvalue weighted by Crippen LogP contribution is 2.12. The first-order valence-corrected chi connectivity index (χ1v) is 4.43. The third-order valence-electron chi connectivity index (χ3n) is 2.32. The summed E-state index contributed by atoms with van der Waals surface area (Å²) in [7, 11) is 0. The van der Waals surface area contributed by atoms with Crippen molar-refractivity contribution in [2.75, 3.05) is 19.8 Å². The number of hydrogen-bond donors (Lipinski definition) is 2. The SMILES string of the molecule is CC(CC1COCCN1N)C(=O)O. The molecule has 1 heterocycles. The maximum atomic E-state index is 10.6. The van der Waals surface area contributed by atoms with Crippen molar-refractivity contribution >= 4 is 5.97 Å². The van der Waals surface area contributed by atoms with Gasteiger partial charge in [0.05, 0.1) is 19.1 Å². The number of hydrogen-bond acceptors (Lipinski definition) is 4. The molecular formula is C8H16N2O3. The molecule has 0 aromatic carbocycles. The number of aliphatic carboxylic acids is 1. The van der Waals surface area contributed by atoms with E-state index in [2.05, 4.69) is 0 Å². The van der Waals surface area contributed by atoms with Gasteiger partial charge >= 0.3 is 5.97 Å². The van der Waals surface area contributed by atoms with Crippen LogP contribution in [-0.4, -0.2) is 41.9 Å². The zero-order valence-corrected chi connectivity index (χ0v) is 7.77. The van der Waals surface area contributed by atoms with Crippen LogP contribution in [0.15, 0.2) is 0 Å². The zero-order valence-electron chi connectivity index (χ0n) is 7.77. The average Bonchev–Trinajstić information content (AvgIpc) is 2.08. The lowest BCUT2D eigenvalue weighted by Gasteiger charge is -2.32. The average molecular weight is 188 g/mol. The third-order valence-corrected chi connectivity index (χ3v) is 2.32. The summed E-state index contributed by atoms with van der Waals surface area (Å²) in [6.45, 7) is 3.53. The minimum absolute atomic E-state index is 0.0415. The van der Waals surface area contributed by atoms with Crippen LogP contribution in [0.4, 0.5) is 0 Å². The van der Waals surface area contributed by atoms with Gasteiger partial charge in [0.25, 0.3) is 0 Å². The molecule has 13 heavy (non-hydrogen) atoms. The number of hydrazine groups is 1. The normalized spacial score (nSPS) is 27.1. The summed E-state index contributed by atoms with van der Waals surface area (Å²) in [5, 5.41) is 10.4. The molecule has 0 spiro atoms. The standard InChI is InChI=1S/C8H16N2O3/c1-6(8(11)12)4-7-5-13-3-2-10(7)9/h6-7H,2-5,9H2,1H3,(H,11,12). The molecule has 0 radical (unpaired) electrons. The molecule has 0 bridgehead atoms. The molecule has 1 fully saturated rings. The Morgan fingerprint density at radius 1 is 1.85 bits per heavy atom. The molecule has 2 atom stereocenters. The quantitative estimate of drug-likeness (QED) is 0.593. The molecule has 0 amide bonds. The topological polar surface area (TPSA) is 75.8 Å². The van der Waals surface area contributed by atoms with Crippen LogP contribution in [0.1, 0.15) is 13.3 Å². The van der Waals surface area contributed by atoms with Gasteiger partial charge in [-0.1, -0.05) is 6.92 Å². The Morgan fingerprint density at radius 3 is 3.08 bits per heavy atom. The fraction of sp³-hybridized carbons (Fsp3) is 0.875. The Kier molecular flexibility index (Phi) is 3.65. The highest BCUT2D eigenvalue weighted by atomic mass is 16.5. The molecule has 0 aliphatic carbocycles. The maximum absolute atomic E-state index is 10.6. The van der Waals surface area contributed by atoms with E-state index in [0.717, 1.165) is 0 Å². The van der Waals surface area contributed by atoms with Crippen LogP contribution in [0, 0.1) is 5.92 Å². The van der Waals surface area contributed by atoms with E-state index in [0.29, 0.717) is 26.2 Å². The predicted octanol–water partition coefficient (Wildman–Crippen LogP) is -0.328. The largest absolute Gasteiger partial charge is 0.481 e. The van der Waals surface area contributed by atoms with Crippen LogP contribution in [-0.2, 0) is 9.53 Å². The van der Waals surface area contributed by atoms with Gasteiger partial charge in [-0.15, -0.1) is 0 Å². The first-order chi connectivity index (χ1) is 6.11. The number of nitrogens with two attached hydrogens (primary N) is 1. The monoisotopic (exact) mass is 188 g/mol. The van der Waals surface area contributed by atoms with Crippen LogP contribution in [0.5, 0.6) is 0 Å². The molecule has 3 N–H and O–H groups in total. The highest BCUT2D eigenvalue weighted by molar-refractivity contribution is 5.69. The Labute approximate surface area is 77.4 Å². The van der Waals surface area contributed by atoms with Gasteiger partial charge in [-0.3, -0.25) is 10.6 Å². The number of morpholine rings is 1. The van der Waals surface area contributed by atoms with E-state index in [9.17, 15) is 4.79 Å². The minimum atomic E-state index is -0.779. The fourth-order valence-corrected chi connectivity index (χ4v) is 1.38. The molecular weight excluding hydrogens is 172 g/mol. The van der Waals surface area contributed by atoms with Gasteiger partial charge < -0.3 is 9.84 Å².